The number of nitrogens with zero attached hydrogens (tertiary/aromatic N) is 2. The van der Waals surface area contributed by atoms with Gasteiger partial charge in [0.15, 0.2) is 0 Å². The molecule has 0 bridgehead atoms. The van der Waals surface area contributed by atoms with Crippen molar-refractivity contribution in [3.8, 4) is 0 Å². The molecule has 1 aromatic rings. The highest BCUT2D eigenvalue weighted by atomic mass is 16.3. The van der Waals surface area contributed by atoms with Gasteiger partial charge in [-0.15, -0.1) is 0 Å². The quantitative estimate of drug-likeness (QED) is 0.702. The lowest BCUT2D eigenvalue weighted by Crippen LogP contribution is -2.42. The number of hydrogen-bond donors (Lipinski definition) is 2. The molecule has 2 saturated heterocycles. The maximum Gasteiger partial charge on any atom is 0.314 e. The van der Waals surface area contributed by atoms with Gasteiger partial charge in [-0.2, -0.15) is 0 Å². The van der Waals surface area contributed by atoms with Crippen molar-refractivity contribution >= 4 is 11.9 Å². The van der Waals surface area contributed by atoms with Gasteiger partial charge < -0.3 is 20.0 Å². The highest BCUT2D eigenvalue weighted by Gasteiger charge is 2.26. The Morgan fingerprint density at radius 3 is 2.72 bits per heavy atom. The van der Waals surface area contributed by atoms with Gasteiger partial charge in [0.2, 0.25) is 5.91 Å². The monoisotopic (exact) mass is 348 g/mol. The van der Waals surface area contributed by atoms with Crippen LogP contribution in [0.15, 0.2) is 22.8 Å². The number of rotatable bonds is 8. The standard InChI is InChI=1S/C18H28N4O3/c23-17-7-3-11-22(17)12-5-8-19-18(24)20-14-15(16-6-4-13-25-16)21-9-1-2-10-21/h4,6,13,15H,1-3,5,7-12,14H2,(H2,19,20,24)/t15-/m0/s1. The molecule has 3 rings (SSSR count). The lowest BCUT2D eigenvalue weighted by Gasteiger charge is -2.26. The number of amides is 3. The minimum absolute atomic E-state index is 0.0884. The molecule has 3 amide bonds. The van der Waals surface area contributed by atoms with Gasteiger partial charge in [0.05, 0.1) is 12.3 Å². The van der Waals surface area contributed by atoms with Crippen LogP contribution in [-0.4, -0.2) is 61.0 Å². The van der Waals surface area contributed by atoms with Crippen LogP contribution < -0.4 is 10.6 Å². The average Bonchev–Trinajstić information content (AvgIpc) is 3.36. The van der Waals surface area contributed by atoms with Crippen molar-refractivity contribution in [3.63, 3.8) is 0 Å². The van der Waals surface area contributed by atoms with E-state index in [9.17, 15) is 9.59 Å². The van der Waals surface area contributed by atoms with E-state index in [1.165, 1.54) is 12.8 Å². The molecule has 0 unspecified atom stereocenters. The van der Waals surface area contributed by atoms with Crippen LogP contribution in [0.5, 0.6) is 0 Å². The van der Waals surface area contributed by atoms with E-state index in [4.69, 9.17) is 4.42 Å². The Balaban J connectivity index is 1.37. The zero-order chi connectivity index (χ0) is 17.5. The first-order chi connectivity index (χ1) is 12.2. The fourth-order valence-electron chi connectivity index (χ4n) is 3.61. The molecular weight excluding hydrogens is 320 g/mol. The van der Waals surface area contributed by atoms with Crippen LogP contribution in [0.3, 0.4) is 0 Å². The Labute approximate surface area is 148 Å². The number of hydrogen-bond acceptors (Lipinski definition) is 4. The molecule has 25 heavy (non-hydrogen) atoms. The van der Waals surface area contributed by atoms with E-state index in [1.54, 1.807) is 6.26 Å². The van der Waals surface area contributed by atoms with Gasteiger partial charge in [-0.05, 0) is 50.9 Å². The third-order valence-corrected chi connectivity index (χ3v) is 4.97. The summed E-state index contributed by atoms with van der Waals surface area (Å²) in [7, 11) is 0. The largest absolute Gasteiger partial charge is 0.468 e. The predicted molar refractivity (Wildman–Crippen MR) is 94.1 cm³/mol. The summed E-state index contributed by atoms with van der Waals surface area (Å²) in [6, 6.07) is 3.78. The number of urea groups is 1. The first-order valence-corrected chi connectivity index (χ1v) is 9.31. The molecule has 7 nitrogen and oxygen atoms in total. The lowest BCUT2D eigenvalue weighted by molar-refractivity contribution is -0.127. The molecule has 7 heteroatoms. The van der Waals surface area contributed by atoms with Gasteiger partial charge >= 0.3 is 6.03 Å². The van der Waals surface area contributed by atoms with E-state index in [-0.39, 0.29) is 18.0 Å². The fourth-order valence-corrected chi connectivity index (χ4v) is 3.61. The summed E-state index contributed by atoms with van der Waals surface area (Å²) in [5, 5.41) is 5.83. The summed E-state index contributed by atoms with van der Waals surface area (Å²) < 4.78 is 5.56. The van der Waals surface area contributed by atoms with E-state index in [0.29, 0.717) is 19.5 Å². The fraction of sp³-hybridized carbons (Fsp3) is 0.667. The second kappa shape index (κ2) is 8.89. The van der Waals surface area contributed by atoms with Gasteiger partial charge in [0.25, 0.3) is 0 Å². The van der Waals surface area contributed by atoms with Gasteiger partial charge in [0, 0.05) is 32.6 Å². The van der Waals surface area contributed by atoms with Crippen LogP contribution >= 0.6 is 0 Å². The molecule has 0 radical (unpaired) electrons. The molecule has 0 spiro atoms. The van der Waals surface area contributed by atoms with Gasteiger partial charge in [-0.25, -0.2) is 4.79 Å². The molecule has 0 saturated carbocycles. The van der Waals surface area contributed by atoms with Crippen molar-refractivity contribution in [1.82, 2.24) is 20.4 Å². The molecule has 0 aliphatic carbocycles. The second-order valence-corrected chi connectivity index (χ2v) is 6.75. The summed E-state index contributed by atoms with van der Waals surface area (Å²) in [6.45, 7) is 4.76. The number of carbonyl (C=O) groups excluding carboxylic acids is 2. The van der Waals surface area contributed by atoms with E-state index in [1.807, 2.05) is 17.0 Å². The third-order valence-electron chi connectivity index (χ3n) is 4.97. The van der Waals surface area contributed by atoms with E-state index >= 15 is 0 Å². The van der Waals surface area contributed by atoms with Crippen molar-refractivity contribution in [2.45, 2.75) is 38.1 Å². The maximum absolute atomic E-state index is 12.0. The molecule has 2 N–H and O–H groups in total. The average molecular weight is 348 g/mol. The zero-order valence-electron chi connectivity index (χ0n) is 14.7. The Hall–Kier alpha value is -2.02. The maximum atomic E-state index is 12.0. The van der Waals surface area contributed by atoms with Gasteiger partial charge in [-0.3, -0.25) is 9.69 Å². The van der Waals surface area contributed by atoms with Crippen molar-refractivity contribution in [1.29, 1.82) is 0 Å². The molecule has 2 aliphatic rings. The van der Waals surface area contributed by atoms with E-state index in [2.05, 4.69) is 15.5 Å². The lowest BCUT2D eigenvalue weighted by atomic mass is 10.2. The normalized spacial score (nSPS) is 19.4. The van der Waals surface area contributed by atoms with Crippen LogP contribution in [0.25, 0.3) is 0 Å². The van der Waals surface area contributed by atoms with Crippen molar-refractivity contribution in [2.75, 3.05) is 39.3 Å². The minimum Gasteiger partial charge on any atom is -0.468 e. The Kier molecular flexibility index (Phi) is 6.33. The highest BCUT2D eigenvalue weighted by Crippen LogP contribution is 2.24. The SMILES string of the molecule is O=C(NCCCN1CCCC1=O)NC[C@@H](c1ccco1)N1CCCC1. The van der Waals surface area contributed by atoms with Crippen LogP contribution in [-0.2, 0) is 4.79 Å². The van der Waals surface area contributed by atoms with Gasteiger partial charge in [-0.1, -0.05) is 0 Å². The smallest absolute Gasteiger partial charge is 0.314 e. The van der Waals surface area contributed by atoms with E-state index in [0.717, 1.165) is 44.8 Å². The third kappa shape index (κ3) is 4.98. The van der Waals surface area contributed by atoms with Gasteiger partial charge in [0.1, 0.15) is 5.76 Å². The summed E-state index contributed by atoms with van der Waals surface area (Å²) in [5.74, 6) is 1.13. The molecular formula is C18H28N4O3. The molecule has 1 atom stereocenters. The molecule has 1 aromatic heterocycles. The highest BCUT2D eigenvalue weighted by molar-refractivity contribution is 5.78. The molecule has 0 aromatic carbocycles. The summed E-state index contributed by atoms with van der Waals surface area (Å²) in [5.41, 5.74) is 0. The van der Waals surface area contributed by atoms with Crippen LogP contribution in [0.4, 0.5) is 4.79 Å². The van der Waals surface area contributed by atoms with Crippen LogP contribution in [0.1, 0.15) is 43.9 Å². The molecule has 138 valence electrons. The minimum atomic E-state index is -0.163. The number of furan rings is 1. The Bertz CT molecular complexity index is 555. The second-order valence-electron chi connectivity index (χ2n) is 6.75. The molecule has 2 fully saturated rings. The molecule has 2 aliphatic heterocycles. The Morgan fingerprint density at radius 2 is 2.04 bits per heavy atom. The summed E-state index contributed by atoms with van der Waals surface area (Å²) >= 11 is 0. The van der Waals surface area contributed by atoms with Crippen molar-refractivity contribution < 1.29 is 14.0 Å². The van der Waals surface area contributed by atoms with Crippen molar-refractivity contribution in [2.24, 2.45) is 0 Å². The summed E-state index contributed by atoms with van der Waals surface area (Å²) in [6.07, 6.45) is 6.47. The summed E-state index contributed by atoms with van der Waals surface area (Å²) in [4.78, 5) is 27.8. The molecule has 3 heterocycles. The van der Waals surface area contributed by atoms with Crippen molar-refractivity contribution in [3.05, 3.63) is 24.2 Å². The zero-order valence-corrected chi connectivity index (χ0v) is 14.7. The number of nitrogens with one attached hydrogen (secondary N) is 2. The number of likely N-dealkylation sites (tertiary alicyclic amines) is 2. The first-order valence-electron chi connectivity index (χ1n) is 9.31. The van der Waals surface area contributed by atoms with Crippen LogP contribution in [0.2, 0.25) is 0 Å². The predicted octanol–water partition coefficient (Wildman–Crippen LogP) is 1.73. The Morgan fingerprint density at radius 1 is 1.20 bits per heavy atom. The van der Waals surface area contributed by atoms with Crippen LogP contribution in [0, 0.1) is 0 Å². The van der Waals surface area contributed by atoms with E-state index < -0.39 is 0 Å². The first kappa shape index (κ1) is 17.8. The topological polar surface area (TPSA) is 77.8 Å². The number of carbonyl (C=O) groups is 2.